The van der Waals surface area contributed by atoms with Gasteiger partial charge in [-0.2, -0.15) is 4.98 Å². The Morgan fingerprint density at radius 1 is 1.30 bits per heavy atom. The zero-order valence-corrected chi connectivity index (χ0v) is 11.8. The van der Waals surface area contributed by atoms with Gasteiger partial charge in [0.1, 0.15) is 0 Å². The fourth-order valence-electron chi connectivity index (χ4n) is 1.72. The molecule has 0 saturated heterocycles. The van der Waals surface area contributed by atoms with E-state index in [9.17, 15) is 4.79 Å². The van der Waals surface area contributed by atoms with E-state index in [0.29, 0.717) is 24.7 Å². The number of hydrogen-bond acceptors (Lipinski definition) is 4. The summed E-state index contributed by atoms with van der Waals surface area (Å²) in [5, 5.41) is 6.82. The van der Waals surface area contributed by atoms with Crippen LogP contribution in [0.2, 0.25) is 0 Å². The first kappa shape index (κ1) is 14.2. The van der Waals surface area contributed by atoms with E-state index in [0.717, 1.165) is 12.0 Å². The number of nitrogens with one attached hydrogen (secondary N) is 1. The number of carbonyl (C=O) groups is 1. The minimum absolute atomic E-state index is 0.0167. The lowest BCUT2D eigenvalue weighted by atomic mass is 10.2. The molecular weight excluding hydrogens is 254 g/mol. The van der Waals surface area contributed by atoms with Crippen LogP contribution in [0.5, 0.6) is 0 Å². The summed E-state index contributed by atoms with van der Waals surface area (Å²) in [5.74, 6) is 1.29. The number of nitrogens with zero attached hydrogens (tertiary/aromatic N) is 2. The summed E-state index contributed by atoms with van der Waals surface area (Å²) in [4.78, 5) is 15.7. The molecule has 0 aliphatic rings. The number of benzene rings is 1. The molecule has 0 unspecified atom stereocenters. The molecule has 0 bridgehead atoms. The first-order chi connectivity index (χ1) is 9.66. The van der Waals surface area contributed by atoms with Gasteiger partial charge in [0.2, 0.25) is 17.6 Å². The molecule has 2 rings (SSSR count). The molecule has 0 fully saturated rings. The van der Waals surface area contributed by atoms with E-state index in [2.05, 4.69) is 15.5 Å². The monoisotopic (exact) mass is 273 g/mol. The van der Waals surface area contributed by atoms with Gasteiger partial charge in [0, 0.05) is 24.4 Å². The zero-order chi connectivity index (χ0) is 14.4. The van der Waals surface area contributed by atoms with Crippen LogP contribution in [-0.2, 0) is 11.2 Å². The predicted octanol–water partition coefficient (Wildman–Crippen LogP) is 2.44. The second kappa shape index (κ2) is 6.84. The quantitative estimate of drug-likeness (QED) is 0.821. The van der Waals surface area contributed by atoms with Crippen molar-refractivity contribution in [1.82, 2.24) is 15.5 Å². The van der Waals surface area contributed by atoms with Gasteiger partial charge in [-0.25, -0.2) is 0 Å². The van der Waals surface area contributed by atoms with Crippen LogP contribution >= 0.6 is 0 Å². The fourth-order valence-corrected chi connectivity index (χ4v) is 1.72. The fraction of sp³-hybridized carbons (Fsp3) is 0.400. The maximum atomic E-state index is 11.4. The summed E-state index contributed by atoms with van der Waals surface area (Å²) >= 11 is 0. The van der Waals surface area contributed by atoms with Crippen LogP contribution in [0.4, 0.5) is 0 Å². The number of rotatable bonds is 6. The minimum Gasteiger partial charge on any atom is -0.356 e. The number of aryl methyl sites for hydroxylation is 1. The molecule has 1 aromatic heterocycles. The molecule has 0 radical (unpaired) electrons. The van der Waals surface area contributed by atoms with Gasteiger partial charge < -0.3 is 9.84 Å². The van der Waals surface area contributed by atoms with Gasteiger partial charge in [0.15, 0.2) is 0 Å². The van der Waals surface area contributed by atoms with Crippen LogP contribution in [0.1, 0.15) is 26.2 Å². The third-order valence-electron chi connectivity index (χ3n) is 2.89. The first-order valence-corrected chi connectivity index (χ1v) is 6.82. The largest absolute Gasteiger partial charge is 0.356 e. The Kier molecular flexibility index (Phi) is 4.87. The lowest BCUT2D eigenvalue weighted by Crippen LogP contribution is -2.28. The third kappa shape index (κ3) is 3.91. The Morgan fingerprint density at radius 3 is 2.75 bits per heavy atom. The Balaban J connectivity index is 1.81. The molecule has 0 aliphatic carbocycles. The van der Waals surface area contributed by atoms with E-state index in [-0.39, 0.29) is 11.8 Å². The van der Waals surface area contributed by atoms with Crippen LogP contribution in [0.3, 0.4) is 0 Å². The van der Waals surface area contributed by atoms with Crippen molar-refractivity contribution >= 4 is 5.91 Å². The molecule has 0 saturated carbocycles. The first-order valence-electron chi connectivity index (χ1n) is 6.82. The van der Waals surface area contributed by atoms with Gasteiger partial charge in [-0.05, 0) is 6.42 Å². The minimum atomic E-state index is 0.0167. The number of hydrogen-bond donors (Lipinski definition) is 1. The summed E-state index contributed by atoms with van der Waals surface area (Å²) in [6.45, 7) is 4.37. The summed E-state index contributed by atoms with van der Waals surface area (Å²) in [5.41, 5.74) is 0.940. The Bertz CT molecular complexity index is 549. The van der Waals surface area contributed by atoms with Crippen molar-refractivity contribution in [2.75, 3.05) is 6.54 Å². The number of aromatic nitrogens is 2. The highest BCUT2D eigenvalue weighted by Crippen LogP contribution is 2.15. The van der Waals surface area contributed by atoms with Crippen LogP contribution in [-0.4, -0.2) is 22.6 Å². The van der Waals surface area contributed by atoms with E-state index >= 15 is 0 Å². The van der Waals surface area contributed by atoms with E-state index in [1.165, 1.54) is 0 Å². The third-order valence-corrected chi connectivity index (χ3v) is 2.89. The lowest BCUT2D eigenvalue weighted by Gasteiger charge is -2.05. The molecule has 5 nitrogen and oxygen atoms in total. The molecule has 0 atom stereocenters. The summed E-state index contributed by atoms with van der Waals surface area (Å²) in [6, 6.07) is 9.70. The molecule has 0 aliphatic heterocycles. The van der Waals surface area contributed by atoms with Gasteiger partial charge in [-0.3, -0.25) is 4.79 Å². The molecule has 20 heavy (non-hydrogen) atoms. The van der Waals surface area contributed by atoms with Crippen molar-refractivity contribution in [3.63, 3.8) is 0 Å². The number of amides is 1. The second-order valence-corrected chi connectivity index (χ2v) is 4.93. The van der Waals surface area contributed by atoms with Crippen LogP contribution in [0, 0.1) is 5.92 Å². The standard InChI is InChI=1S/C15H19N3O2/c1-11(2)15(19)16-10-6-9-13-17-14(18-20-13)12-7-4-3-5-8-12/h3-5,7-8,11H,6,9-10H2,1-2H3,(H,16,19). The average molecular weight is 273 g/mol. The van der Waals surface area contributed by atoms with Gasteiger partial charge >= 0.3 is 0 Å². The topological polar surface area (TPSA) is 68.0 Å². The molecule has 1 amide bonds. The molecule has 1 heterocycles. The molecule has 1 aromatic carbocycles. The highest BCUT2D eigenvalue weighted by Gasteiger charge is 2.09. The van der Waals surface area contributed by atoms with Crippen molar-refractivity contribution in [1.29, 1.82) is 0 Å². The smallest absolute Gasteiger partial charge is 0.227 e. The maximum absolute atomic E-state index is 11.4. The second-order valence-electron chi connectivity index (χ2n) is 4.93. The van der Waals surface area contributed by atoms with Gasteiger partial charge in [0.25, 0.3) is 0 Å². The summed E-state index contributed by atoms with van der Waals surface area (Å²) in [7, 11) is 0. The SMILES string of the molecule is CC(C)C(=O)NCCCc1nc(-c2ccccc2)no1. The van der Waals surface area contributed by atoms with E-state index in [1.807, 2.05) is 44.2 Å². The van der Waals surface area contributed by atoms with Gasteiger partial charge in [-0.1, -0.05) is 49.3 Å². The van der Waals surface area contributed by atoms with Crippen LogP contribution in [0.25, 0.3) is 11.4 Å². The van der Waals surface area contributed by atoms with Crippen molar-refractivity contribution in [3.8, 4) is 11.4 Å². The molecule has 5 heteroatoms. The van der Waals surface area contributed by atoms with Crippen molar-refractivity contribution in [2.45, 2.75) is 26.7 Å². The van der Waals surface area contributed by atoms with Gasteiger partial charge in [0.05, 0.1) is 0 Å². The predicted molar refractivity (Wildman–Crippen MR) is 75.9 cm³/mol. The van der Waals surface area contributed by atoms with Crippen molar-refractivity contribution in [3.05, 3.63) is 36.2 Å². The normalized spacial score (nSPS) is 10.8. The molecule has 1 N–H and O–H groups in total. The average Bonchev–Trinajstić information content (AvgIpc) is 2.93. The maximum Gasteiger partial charge on any atom is 0.227 e. The summed E-state index contributed by atoms with van der Waals surface area (Å²) in [6.07, 6.45) is 1.45. The van der Waals surface area contributed by atoms with Crippen molar-refractivity contribution < 1.29 is 9.32 Å². The van der Waals surface area contributed by atoms with Crippen molar-refractivity contribution in [2.24, 2.45) is 5.92 Å². The summed E-state index contributed by atoms with van der Waals surface area (Å²) < 4.78 is 5.20. The molecule has 0 spiro atoms. The highest BCUT2D eigenvalue weighted by atomic mass is 16.5. The molecular formula is C15H19N3O2. The molecule has 2 aromatic rings. The Labute approximate surface area is 118 Å². The molecule has 106 valence electrons. The lowest BCUT2D eigenvalue weighted by molar-refractivity contribution is -0.123. The van der Waals surface area contributed by atoms with E-state index in [4.69, 9.17) is 4.52 Å². The number of carbonyl (C=O) groups excluding carboxylic acids is 1. The van der Waals surface area contributed by atoms with Crippen LogP contribution < -0.4 is 5.32 Å². The van der Waals surface area contributed by atoms with E-state index < -0.39 is 0 Å². The van der Waals surface area contributed by atoms with E-state index in [1.54, 1.807) is 0 Å². The Hall–Kier alpha value is -2.17. The van der Waals surface area contributed by atoms with Crippen LogP contribution in [0.15, 0.2) is 34.9 Å². The van der Waals surface area contributed by atoms with Gasteiger partial charge in [-0.15, -0.1) is 0 Å². The zero-order valence-electron chi connectivity index (χ0n) is 11.8. The highest BCUT2D eigenvalue weighted by molar-refractivity contribution is 5.77. The Morgan fingerprint density at radius 2 is 2.05 bits per heavy atom.